The Balaban J connectivity index is 1.67. The highest BCUT2D eigenvalue weighted by Gasteiger charge is 2.42. The van der Waals surface area contributed by atoms with Crippen LogP contribution in [0.15, 0.2) is 12.2 Å². The van der Waals surface area contributed by atoms with Crippen molar-refractivity contribution in [2.75, 3.05) is 19.6 Å². The van der Waals surface area contributed by atoms with Gasteiger partial charge in [0.1, 0.15) is 0 Å². The van der Waals surface area contributed by atoms with Crippen molar-refractivity contribution in [1.82, 2.24) is 10.2 Å². The second kappa shape index (κ2) is 5.04. The van der Waals surface area contributed by atoms with Crippen molar-refractivity contribution in [3.8, 4) is 0 Å². The Bertz CT molecular complexity index is 346. The molecule has 1 N–H and O–H groups in total. The van der Waals surface area contributed by atoms with Crippen LogP contribution in [-0.4, -0.2) is 36.5 Å². The predicted octanol–water partition coefficient (Wildman–Crippen LogP) is 1.80. The average Bonchev–Trinajstić information content (AvgIpc) is 3.03. The lowest BCUT2D eigenvalue weighted by Crippen LogP contribution is -2.48. The molecule has 1 aliphatic heterocycles. The molecule has 0 aromatic rings. The van der Waals surface area contributed by atoms with Crippen molar-refractivity contribution >= 4 is 5.91 Å². The van der Waals surface area contributed by atoms with Gasteiger partial charge in [-0.1, -0.05) is 12.2 Å². The zero-order valence-corrected chi connectivity index (χ0v) is 11.3. The maximum absolute atomic E-state index is 12.7. The summed E-state index contributed by atoms with van der Waals surface area (Å²) in [6.45, 7) is 5.13. The molecule has 3 heteroatoms. The molecule has 18 heavy (non-hydrogen) atoms. The lowest BCUT2D eigenvalue weighted by molar-refractivity contribution is -0.139. The van der Waals surface area contributed by atoms with Gasteiger partial charge in [-0.25, -0.2) is 0 Å². The van der Waals surface area contributed by atoms with Crippen LogP contribution in [0.2, 0.25) is 0 Å². The normalized spacial score (nSPS) is 35.1. The Labute approximate surface area is 110 Å². The third kappa shape index (κ3) is 2.09. The molecule has 2 aliphatic carbocycles. The van der Waals surface area contributed by atoms with Crippen LogP contribution in [0.5, 0.6) is 0 Å². The highest BCUT2D eigenvalue weighted by molar-refractivity contribution is 5.80. The summed E-state index contributed by atoms with van der Waals surface area (Å²) in [6.07, 6.45) is 9.16. The van der Waals surface area contributed by atoms with Gasteiger partial charge in [0.05, 0.1) is 0 Å². The molecule has 0 aromatic carbocycles. The van der Waals surface area contributed by atoms with Crippen molar-refractivity contribution in [1.29, 1.82) is 0 Å². The van der Waals surface area contributed by atoms with E-state index in [1.165, 1.54) is 6.42 Å². The number of amides is 1. The monoisotopic (exact) mass is 248 g/mol. The van der Waals surface area contributed by atoms with Crippen molar-refractivity contribution < 1.29 is 4.79 Å². The molecular weight excluding hydrogens is 224 g/mol. The SMILES string of the molecule is CCN(C(=O)C1CC2C=CC1C2)C1CCNCC1. The van der Waals surface area contributed by atoms with Gasteiger partial charge in [0, 0.05) is 18.5 Å². The molecule has 1 amide bonds. The molecule has 3 rings (SSSR count). The average molecular weight is 248 g/mol. The van der Waals surface area contributed by atoms with Gasteiger partial charge >= 0.3 is 0 Å². The number of hydrogen-bond donors (Lipinski definition) is 1. The maximum atomic E-state index is 12.7. The topological polar surface area (TPSA) is 32.3 Å². The zero-order valence-electron chi connectivity index (χ0n) is 11.3. The first-order chi connectivity index (χ1) is 8.79. The first-order valence-electron chi connectivity index (χ1n) is 7.49. The van der Waals surface area contributed by atoms with Crippen molar-refractivity contribution in [3.05, 3.63) is 12.2 Å². The molecule has 0 radical (unpaired) electrons. The second-order valence-electron chi connectivity index (χ2n) is 5.99. The highest BCUT2D eigenvalue weighted by atomic mass is 16.2. The quantitative estimate of drug-likeness (QED) is 0.772. The van der Waals surface area contributed by atoms with E-state index in [0.29, 0.717) is 23.8 Å². The number of allylic oxidation sites excluding steroid dienone is 2. The third-order valence-electron chi connectivity index (χ3n) is 4.97. The molecule has 0 aromatic heterocycles. The predicted molar refractivity (Wildman–Crippen MR) is 72.1 cm³/mol. The van der Waals surface area contributed by atoms with Crippen LogP contribution >= 0.6 is 0 Å². The summed E-state index contributed by atoms with van der Waals surface area (Å²) in [7, 11) is 0. The van der Waals surface area contributed by atoms with Crippen LogP contribution in [0.3, 0.4) is 0 Å². The van der Waals surface area contributed by atoms with Gasteiger partial charge in [-0.2, -0.15) is 0 Å². The number of carbonyl (C=O) groups excluding carboxylic acids is 1. The fourth-order valence-corrected chi connectivity index (χ4v) is 3.99. The second-order valence-corrected chi connectivity index (χ2v) is 5.99. The first-order valence-corrected chi connectivity index (χ1v) is 7.49. The Morgan fingerprint density at radius 3 is 2.61 bits per heavy atom. The Morgan fingerprint density at radius 2 is 2.06 bits per heavy atom. The Morgan fingerprint density at radius 1 is 1.28 bits per heavy atom. The molecule has 2 fully saturated rings. The molecule has 3 aliphatic rings. The maximum Gasteiger partial charge on any atom is 0.226 e. The van der Waals surface area contributed by atoms with Gasteiger partial charge in [0.2, 0.25) is 5.91 Å². The van der Waals surface area contributed by atoms with Crippen LogP contribution in [0.4, 0.5) is 0 Å². The molecule has 0 spiro atoms. The van der Waals surface area contributed by atoms with Crippen molar-refractivity contribution in [3.63, 3.8) is 0 Å². The van der Waals surface area contributed by atoms with E-state index in [0.717, 1.165) is 38.9 Å². The third-order valence-corrected chi connectivity index (χ3v) is 4.97. The Hall–Kier alpha value is -0.830. The fraction of sp³-hybridized carbons (Fsp3) is 0.800. The van der Waals surface area contributed by atoms with E-state index in [4.69, 9.17) is 0 Å². The highest BCUT2D eigenvalue weighted by Crippen LogP contribution is 2.44. The van der Waals surface area contributed by atoms with Crippen molar-refractivity contribution in [2.24, 2.45) is 17.8 Å². The molecule has 2 bridgehead atoms. The summed E-state index contributed by atoms with van der Waals surface area (Å²) in [4.78, 5) is 14.9. The van der Waals surface area contributed by atoms with Crippen molar-refractivity contribution in [2.45, 2.75) is 38.6 Å². The van der Waals surface area contributed by atoms with E-state index in [9.17, 15) is 4.79 Å². The van der Waals surface area contributed by atoms with E-state index in [2.05, 4.69) is 29.3 Å². The van der Waals surface area contributed by atoms with Crippen LogP contribution in [-0.2, 0) is 4.79 Å². The van der Waals surface area contributed by atoms with Crippen LogP contribution < -0.4 is 5.32 Å². The number of carbonyl (C=O) groups is 1. The van der Waals surface area contributed by atoms with Crippen LogP contribution in [0.25, 0.3) is 0 Å². The molecule has 3 atom stereocenters. The fourth-order valence-electron chi connectivity index (χ4n) is 3.99. The minimum absolute atomic E-state index is 0.287. The minimum Gasteiger partial charge on any atom is -0.340 e. The van der Waals surface area contributed by atoms with Crippen LogP contribution in [0.1, 0.15) is 32.6 Å². The summed E-state index contributed by atoms with van der Waals surface area (Å²) in [5.41, 5.74) is 0. The lowest BCUT2D eigenvalue weighted by Gasteiger charge is -2.36. The molecule has 1 heterocycles. The standard InChI is InChI=1S/C15H24N2O/c1-2-17(13-5-7-16-8-6-13)15(18)14-10-11-3-4-12(14)9-11/h3-4,11-14,16H,2,5-10H2,1H3. The Kier molecular flexibility index (Phi) is 3.42. The molecule has 1 saturated heterocycles. The molecule has 100 valence electrons. The number of hydrogen-bond acceptors (Lipinski definition) is 2. The molecular formula is C15H24N2O. The van der Waals surface area contributed by atoms with E-state index in [1.807, 2.05) is 0 Å². The summed E-state index contributed by atoms with van der Waals surface area (Å²) in [5, 5.41) is 3.38. The smallest absolute Gasteiger partial charge is 0.226 e. The number of rotatable bonds is 3. The van der Waals surface area contributed by atoms with E-state index >= 15 is 0 Å². The van der Waals surface area contributed by atoms with Gasteiger partial charge in [0.15, 0.2) is 0 Å². The number of nitrogens with zero attached hydrogens (tertiary/aromatic N) is 1. The van der Waals surface area contributed by atoms with E-state index in [1.54, 1.807) is 0 Å². The number of fused-ring (bicyclic) bond motifs is 2. The van der Waals surface area contributed by atoms with E-state index in [-0.39, 0.29) is 5.92 Å². The van der Waals surface area contributed by atoms with E-state index < -0.39 is 0 Å². The largest absolute Gasteiger partial charge is 0.340 e. The van der Waals surface area contributed by atoms with Crippen LogP contribution in [0, 0.1) is 17.8 Å². The number of piperidine rings is 1. The molecule has 1 saturated carbocycles. The first kappa shape index (κ1) is 12.2. The zero-order chi connectivity index (χ0) is 12.5. The summed E-state index contributed by atoms with van der Waals surface area (Å²) < 4.78 is 0. The summed E-state index contributed by atoms with van der Waals surface area (Å²) in [5.74, 6) is 1.95. The van der Waals surface area contributed by atoms with Gasteiger partial charge in [-0.15, -0.1) is 0 Å². The van der Waals surface area contributed by atoms with Gasteiger partial charge < -0.3 is 10.2 Å². The lowest BCUT2D eigenvalue weighted by atomic mass is 9.91. The van der Waals surface area contributed by atoms with Gasteiger partial charge in [-0.05, 0) is 57.5 Å². The summed E-state index contributed by atoms with van der Waals surface area (Å²) in [6, 6.07) is 0.479. The van der Waals surface area contributed by atoms with Gasteiger partial charge in [-0.3, -0.25) is 4.79 Å². The summed E-state index contributed by atoms with van der Waals surface area (Å²) >= 11 is 0. The minimum atomic E-state index is 0.287. The molecule has 3 unspecified atom stereocenters. The molecule has 3 nitrogen and oxygen atoms in total. The number of nitrogens with one attached hydrogen (secondary N) is 1. The van der Waals surface area contributed by atoms with Gasteiger partial charge in [0.25, 0.3) is 0 Å².